The minimum atomic E-state index is -3.12. The number of methoxy groups -OCH3 is 1. The summed E-state index contributed by atoms with van der Waals surface area (Å²) in [6, 6.07) is 10.2. The Bertz CT molecular complexity index is 887. The number of nitrogens with zero attached hydrogens (tertiary/aromatic N) is 1. The molecule has 146 valence electrons. The minimum Gasteiger partial charge on any atom is -0.497 e. The molecule has 7 nitrogen and oxygen atoms in total. The summed E-state index contributed by atoms with van der Waals surface area (Å²) in [5.74, 6) is 2.39. The molecule has 1 aliphatic rings. The smallest absolute Gasteiger partial charge is 0.261 e. The van der Waals surface area contributed by atoms with E-state index in [1.165, 1.54) is 0 Å². The van der Waals surface area contributed by atoms with Gasteiger partial charge in [0.25, 0.3) is 5.91 Å². The van der Waals surface area contributed by atoms with Gasteiger partial charge in [0.05, 0.1) is 25.2 Å². The van der Waals surface area contributed by atoms with Crippen molar-refractivity contribution in [2.45, 2.75) is 25.9 Å². The van der Waals surface area contributed by atoms with Crippen LogP contribution in [0.3, 0.4) is 0 Å². The molecule has 0 aliphatic carbocycles. The Morgan fingerprint density at radius 3 is 2.44 bits per heavy atom. The van der Waals surface area contributed by atoms with Crippen LogP contribution in [-0.2, 0) is 21.2 Å². The number of carbonyl (C=O) groups is 1. The minimum absolute atomic E-state index is 0.0268. The van der Waals surface area contributed by atoms with E-state index in [-0.39, 0.29) is 36.6 Å². The van der Waals surface area contributed by atoms with Gasteiger partial charge in [-0.3, -0.25) is 4.79 Å². The second-order valence-corrected chi connectivity index (χ2v) is 8.78. The molecule has 3 rings (SSSR count). The molecule has 0 bridgehead atoms. The van der Waals surface area contributed by atoms with Gasteiger partial charge in [0, 0.05) is 6.04 Å². The monoisotopic (exact) mass is 393 g/mol. The Hall–Kier alpha value is -2.48. The van der Waals surface area contributed by atoms with Crippen LogP contribution in [0.4, 0.5) is 0 Å². The topological polar surface area (TPSA) is 86.1 Å². The van der Waals surface area contributed by atoms with Crippen LogP contribution in [0, 0.1) is 6.92 Å². The molecule has 1 amide bonds. The van der Waals surface area contributed by atoms with E-state index >= 15 is 0 Å². The van der Waals surface area contributed by atoms with Crippen molar-refractivity contribution >= 4 is 15.7 Å². The summed E-state index contributed by atoms with van der Waals surface area (Å²) in [5, 5.41) is 0. The summed E-state index contributed by atoms with van der Waals surface area (Å²) in [4.78, 5) is 14.3. The normalized spacial score (nSPS) is 18.2. The van der Waals surface area contributed by atoms with Crippen LogP contribution in [0.25, 0.3) is 0 Å². The van der Waals surface area contributed by atoms with Crippen molar-refractivity contribution in [2.75, 3.05) is 25.2 Å². The van der Waals surface area contributed by atoms with Crippen LogP contribution >= 0.6 is 0 Å². The highest BCUT2D eigenvalue weighted by Crippen LogP contribution is 2.22. The van der Waals surface area contributed by atoms with Gasteiger partial charge in [0.2, 0.25) is 0 Å². The molecule has 0 radical (unpaired) electrons. The molecule has 1 saturated heterocycles. The van der Waals surface area contributed by atoms with E-state index < -0.39 is 9.84 Å². The average molecular weight is 393 g/mol. The first kappa shape index (κ1) is 19.3. The van der Waals surface area contributed by atoms with E-state index in [9.17, 15) is 13.2 Å². The highest BCUT2D eigenvalue weighted by atomic mass is 32.2. The molecule has 0 saturated carbocycles. The van der Waals surface area contributed by atoms with Gasteiger partial charge < -0.3 is 18.8 Å². The highest BCUT2D eigenvalue weighted by molar-refractivity contribution is 7.91. The molecule has 1 atom stereocenters. The number of ether oxygens (including phenoxy) is 2. The molecule has 2 aromatic rings. The summed E-state index contributed by atoms with van der Waals surface area (Å²) in [6.07, 6.45) is 0.427. The maximum atomic E-state index is 12.8. The van der Waals surface area contributed by atoms with Crippen molar-refractivity contribution in [3.8, 4) is 11.5 Å². The van der Waals surface area contributed by atoms with Gasteiger partial charge >= 0.3 is 0 Å². The average Bonchev–Trinajstić information content (AvgIpc) is 3.22. The van der Waals surface area contributed by atoms with Crippen LogP contribution in [0.1, 0.15) is 17.9 Å². The van der Waals surface area contributed by atoms with Crippen LogP contribution in [-0.4, -0.2) is 50.5 Å². The van der Waals surface area contributed by atoms with Gasteiger partial charge in [-0.05, 0) is 49.7 Å². The van der Waals surface area contributed by atoms with Crippen molar-refractivity contribution in [1.82, 2.24) is 4.90 Å². The fourth-order valence-corrected chi connectivity index (χ4v) is 4.81. The molecule has 1 fully saturated rings. The Kier molecular flexibility index (Phi) is 5.74. The molecule has 1 aromatic heterocycles. The maximum absolute atomic E-state index is 12.8. The van der Waals surface area contributed by atoms with Crippen molar-refractivity contribution in [1.29, 1.82) is 0 Å². The summed E-state index contributed by atoms with van der Waals surface area (Å²) in [7, 11) is -1.54. The predicted octanol–water partition coefficient (Wildman–Crippen LogP) is 2.19. The van der Waals surface area contributed by atoms with Crippen LogP contribution < -0.4 is 9.47 Å². The number of rotatable bonds is 7. The Morgan fingerprint density at radius 2 is 1.89 bits per heavy atom. The third-order valence-electron chi connectivity index (χ3n) is 4.51. The zero-order chi connectivity index (χ0) is 19.4. The third-order valence-corrected chi connectivity index (χ3v) is 6.26. The lowest BCUT2D eigenvalue weighted by Gasteiger charge is -2.27. The third kappa shape index (κ3) is 5.03. The molecule has 8 heteroatoms. The zero-order valence-corrected chi connectivity index (χ0v) is 16.2. The quantitative estimate of drug-likeness (QED) is 0.717. The molecule has 1 aliphatic heterocycles. The standard InChI is InChI=1S/C19H23NO6S/c1-14-3-4-18(26-14)11-20(15-9-10-27(22,23)13-15)19(21)12-25-17-7-5-16(24-2)6-8-17/h3-8,15H,9-13H2,1-2H3/t15-/m1/s1. The maximum Gasteiger partial charge on any atom is 0.261 e. The predicted molar refractivity (Wildman–Crippen MR) is 99.5 cm³/mol. The molecule has 27 heavy (non-hydrogen) atoms. The largest absolute Gasteiger partial charge is 0.497 e. The van der Waals surface area contributed by atoms with E-state index in [0.29, 0.717) is 23.7 Å². The van der Waals surface area contributed by atoms with Crippen molar-refractivity contribution in [3.05, 3.63) is 47.9 Å². The first-order valence-electron chi connectivity index (χ1n) is 8.68. The van der Waals surface area contributed by atoms with Crippen LogP contribution in [0.5, 0.6) is 11.5 Å². The fourth-order valence-electron chi connectivity index (χ4n) is 3.08. The second-order valence-electron chi connectivity index (χ2n) is 6.56. The fraction of sp³-hybridized carbons (Fsp3) is 0.421. The SMILES string of the molecule is COc1ccc(OCC(=O)N(Cc2ccc(C)o2)[C@@H]2CCS(=O)(=O)C2)cc1. The lowest BCUT2D eigenvalue weighted by atomic mass is 10.2. The Morgan fingerprint density at radius 1 is 1.19 bits per heavy atom. The first-order valence-corrected chi connectivity index (χ1v) is 10.5. The van der Waals surface area contributed by atoms with Crippen molar-refractivity contribution in [3.63, 3.8) is 0 Å². The summed E-state index contributed by atoms with van der Waals surface area (Å²) >= 11 is 0. The lowest BCUT2D eigenvalue weighted by molar-refractivity contribution is -0.136. The van der Waals surface area contributed by atoms with E-state index in [0.717, 1.165) is 5.76 Å². The second kappa shape index (κ2) is 8.04. The number of carbonyl (C=O) groups excluding carboxylic acids is 1. The number of hydrogen-bond donors (Lipinski definition) is 0. The van der Waals surface area contributed by atoms with Gasteiger partial charge in [-0.2, -0.15) is 0 Å². The van der Waals surface area contributed by atoms with E-state index in [4.69, 9.17) is 13.9 Å². The molecule has 0 spiro atoms. The van der Waals surface area contributed by atoms with Gasteiger partial charge in [-0.1, -0.05) is 0 Å². The van der Waals surface area contributed by atoms with Gasteiger partial charge in [0.1, 0.15) is 23.0 Å². The van der Waals surface area contributed by atoms with Gasteiger partial charge in [-0.15, -0.1) is 0 Å². The number of amides is 1. The Balaban J connectivity index is 1.69. The zero-order valence-electron chi connectivity index (χ0n) is 15.4. The molecule has 1 aromatic carbocycles. The van der Waals surface area contributed by atoms with Crippen LogP contribution in [0.15, 0.2) is 40.8 Å². The molecule has 0 N–H and O–H groups in total. The van der Waals surface area contributed by atoms with E-state index in [2.05, 4.69) is 0 Å². The summed E-state index contributed by atoms with van der Waals surface area (Å²) in [5.41, 5.74) is 0. The van der Waals surface area contributed by atoms with Crippen LogP contribution in [0.2, 0.25) is 0 Å². The van der Waals surface area contributed by atoms with E-state index in [1.807, 2.05) is 13.0 Å². The number of aryl methyl sites for hydroxylation is 1. The molecule has 0 unspecified atom stereocenters. The first-order chi connectivity index (χ1) is 12.9. The van der Waals surface area contributed by atoms with Gasteiger partial charge in [-0.25, -0.2) is 8.42 Å². The highest BCUT2D eigenvalue weighted by Gasteiger charge is 2.35. The lowest BCUT2D eigenvalue weighted by Crippen LogP contribution is -2.43. The molecular weight excluding hydrogens is 370 g/mol. The van der Waals surface area contributed by atoms with Crippen molar-refractivity contribution < 1.29 is 27.1 Å². The molecule has 2 heterocycles. The van der Waals surface area contributed by atoms with E-state index in [1.54, 1.807) is 42.3 Å². The Labute approximate surface area is 158 Å². The number of sulfone groups is 1. The van der Waals surface area contributed by atoms with Gasteiger partial charge in [0.15, 0.2) is 16.4 Å². The summed E-state index contributed by atoms with van der Waals surface area (Å²) in [6.45, 7) is 1.86. The van der Waals surface area contributed by atoms with Crippen molar-refractivity contribution in [2.24, 2.45) is 0 Å². The summed E-state index contributed by atoms with van der Waals surface area (Å²) < 4.78 is 40.0. The molecular formula is C19H23NO6S. The number of hydrogen-bond acceptors (Lipinski definition) is 6. The number of benzene rings is 1. The number of furan rings is 1.